The van der Waals surface area contributed by atoms with E-state index in [1.54, 1.807) is 0 Å². The lowest BCUT2D eigenvalue weighted by Gasteiger charge is -2.21. The maximum atomic E-state index is 11.5. The van der Waals surface area contributed by atoms with Crippen LogP contribution in [0.2, 0.25) is 0 Å². The van der Waals surface area contributed by atoms with Crippen LogP contribution in [0.4, 0.5) is 4.79 Å². The van der Waals surface area contributed by atoms with Crippen LogP contribution < -0.4 is 10.6 Å². The number of carboxylic acids is 1. The Labute approximate surface area is 108 Å². The van der Waals surface area contributed by atoms with Crippen molar-refractivity contribution in [1.82, 2.24) is 10.6 Å². The molecule has 5 heteroatoms. The largest absolute Gasteiger partial charge is 0.480 e. The van der Waals surface area contributed by atoms with Crippen molar-refractivity contribution < 1.29 is 14.7 Å². The van der Waals surface area contributed by atoms with E-state index in [2.05, 4.69) is 10.6 Å². The summed E-state index contributed by atoms with van der Waals surface area (Å²) in [5.74, 6) is -0.214. The number of carbonyl (C=O) groups is 2. The molecule has 0 aromatic heterocycles. The third kappa shape index (κ3) is 4.94. The average Bonchev–Trinajstić information content (AvgIpc) is 2.76. The predicted octanol–water partition coefficient (Wildman–Crippen LogP) is 2.12. The Hall–Kier alpha value is -1.26. The highest BCUT2D eigenvalue weighted by Gasteiger charge is 2.28. The van der Waals surface area contributed by atoms with Crippen LogP contribution in [-0.2, 0) is 4.79 Å². The summed E-state index contributed by atoms with van der Waals surface area (Å²) in [6.07, 6.45) is 7.43. The number of carboxylic acid groups (broad SMARTS) is 1. The zero-order chi connectivity index (χ0) is 13.6. The summed E-state index contributed by atoms with van der Waals surface area (Å²) in [6.45, 7) is 3.54. The van der Waals surface area contributed by atoms with E-state index in [-0.39, 0.29) is 0 Å². The highest BCUT2D eigenvalue weighted by atomic mass is 16.4. The molecular weight excluding hydrogens is 232 g/mol. The SMILES string of the molecule is CC(C)(NC(=O)NCCCC1CCCC1)C(=O)O. The van der Waals surface area contributed by atoms with Crippen LogP contribution in [0.3, 0.4) is 0 Å². The van der Waals surface area contributed by atoms with Crippen molar-refractivity contribution in [2.24, 2.45) is 5.92 Å². The van der Waals surface area contributed by atoms with Gasteiger partial charge < -0.3 is 15.7 Å². The second-order valence-electron chi connectivity index (χ2n) is 5.60. The third-order valence-electron chi connectivity index (χ3n) is 3.51. The minimum atomic E-state index is -1.23. The molecule has 3 N–H and O–H groups in total. The summed E-state index contributed by atoms with van der Waals surface area (Å²) in [5.41, 5.74) is -1.23. The third-order valence-corrected chi connectivity index (χ3v) is 3.51. The fourth-order valence-corrected chi connectivity index (χ4v) is 2.27. The molecule has 1 fully saturated rings. The van der Waals surface area contributed by atoms with Crippen LogP contribution in [0.15, 0.2) is 0 Å². The molecule has 1 rings (SSSR count). The molecule has 0 aromatic carbocycles. The quantitative estimate of drug-likeness (QED) is 0.637. The van der Waals surface area contributed by atoms with Gasteiger partial charge in [0.2, 0.25) is 0 Å². The zero-order valence-electron chi connectivity index (χ0n) is 11.3. The van der Waals surface area contributed by atoms with Crippen molar-refractivity contribution in [3.8, 4) is 0 Å². The lowest BCUT2D eigenvalue weighted by Crippen LogP contribution is -2.53. The first-order valence-corrected chi connectivity index (χ1v) is 6.71. The summed E-state index contributed by atoms with van der Waals surface area (Å²) in [4.78, 5) is 22.3. The van der Waals surface area contributed by atoms with E-state index >= 15 is 0 Å². The summed E-state index contributed by atoms with van der Waals surface area (Å²) in [7, 11) is 0. The smallest absolute Gasteiger partial charge is 0.328 e. The summed E-state index contributed by atoms with van der Waals surface area (Å²) in [6, 6.07) is -0.408. The number of aliphatic carboxylic acids is 1. The maximum Gasteiger partial charge on any atom is 0.328 e. The van der Waals surface area contributed by atoms with Gasteiger partial charge in [-0.1, -0.05) is 25.7 Å². The predicted molar refractivity (Wildman–Crippen MR) is 69.4 cm³/mol. The van der Waals surface area contributed by atoms with Crippen molar-refractivity contribution in [2.75, 3.05) is 6.54 Å². The zero-order valence-corrected chi connectivity index (χ0v) is 11.3. The highest BCUT2D eigenvalue weighted by molar-refractivity contribution is 5.85. The van der Waals surface area contributed by atoms with Crippen LogP contribution in [0.5, 0.6) is 0 Å². The number of amides is 2. The van der Waals surface area contributed by atoms with Gasteiger partial charge in [0, 0.05) is 6.54 Å². The highest BCUT2D eigenvalue weighted by Crippen LogP contribution is 2.28. The maximum absolute atomic E-state index is 11.5. The van der Waals surface area contributed by atoms with E-state index in [1.165, 1.54) is 39.5 Å². The van der Waals surface area contributed by atoms with Gasteiger partial charge in [0.1, 0.15) is 5.54 Å². The molecule has 0 atom stereocenters. The van der Waals surface area contributed by atoms with E-state index in [0.717, 1.165) is 18.8 Å². The molecule has 0 radical (unpaired) electrons. The lowest BCUT2D eigenvalue weighted by molar-refractivity contribution is -0.142. The van der Waals surface area contributed by atoms with Crippen molar-refractivity contribution in [3.63, 3.8) is 0 Å². The van der Waals surface area contributed by atoms with Gasteiger partial charge in [-0.3, -0.25) is 0 Å². The first-order valence-electron chi connectivity index (χ1n) is 6.71. The number of urea groups is 1. The van der Waals surface area contributed by atoms with Gasteiger partial charge in [0.15, 0.2) is 0 Å². The van der Waals surface area contributed by atoms with Gasteiger partial charge in [-0.25, -0.2) is 9.59 Å². The number of hydrogen-bond donors (Lipinski definition) is 3. The van der Waals surface area contributed by atoms with Crippen LogP contribution in [-0.4, -0.2) is 29.2 Å². The molecule has 0 spiro atoms. The second kappa shape index (κ2) is 6.61. The van der Waals surface area contributed by atoms with Crippen LogP contribution in [0.1, 0.15) is 52.4 Å². The summed E-state index contributed by atoms with van der Waals surface area (Å²) >= 11 is 0. The van der Waals surface area contributed by atoms with E-state index in [0.29, 0.717) is 6.54 Å². The standard InChI is InChI=1S/C13H24N2O3/c1-13(2,11(16)17)15-12(18)14-9-5-8-10-6-3-4-7-10/h10H,3-9H2,1-2H3,(H,16,17)(H2,14,15,18). The Morgan fingerprint density at radius 1 is 1.28 bits per heavy atom. The van der Waals surface area contributed by atoms with Crippen molar-refractivity contribution in [3.05, 3.63) is 0 Å². The molecule has 1 aliphatic carbocycles. The molecular formula is C13H24N2O3. The molecule has 5 nitrogen and oxygen atoms in total. The Bertz CT molecular complexity index is 297. The molecule has 0 bridgehead atoms. The summed E-state index contributed by atoms with van der Waals surface area (Å²) < 4.78 is 0. The lowest BCUT2D eigenvalue weighted by atomic mass is 10.0. The molecule has 0 heterocycles. The minimum absolute atomic E-state index is 0.408. The molecule has 0 unspecified atom stereocenters. The minimum Gasteiger partial charge on any atom is -0.480 e. The monoisotopic (exact) mass is 256 g/mol. The Morgan fingerprint density at radius 2 is 1.89 bits per heavy atom. The van der Waals surface area contributed by atoms with Gasteiger partial charge >= 0.3 is 12.0 Å². The molecule has 1 saturated carbocycles. The van der Waals surface area contributed by atoms with Crippen molar-refractivity contribution in [1.29, 1.82) is 0 Å². The first kappa shape index (κ1) is 14.8. The molecule has 0 saturated heterocycles. The van der Waals surface area contributed by atoms with Crippen molar-refractivity contribution in [2.45, 2.75) is 57.9 Å². The first-order chi connectivity index (χ1) is 8.42. The van der Waals surface area contributed by atoms with Gasteiger partial charge in [0.05, 0.1) is 0 Å². The normalized spacial score (nSPS) is 16.6. The van der Waals surface area contributed by atoms with E-state index in [1.807, 2.05) is 0 Å². The van der Waals surface area contributed by atoms with Gasteiger partial charge in [-0.2, -0.15) is 0 Å². The van der Waals surface area contributed by atoms with Gasteiger partial charge in [-0.05, 0) is 32.6 Å². The van der Waals surface area contributed by atoms with Crippen LogP contribution in [0.25, 0.3) is 0 Å². The molecule has 1 aliphatic rings. The molecule has 18 heavy (non-hydrogen) atoms. The van der Waals surface area contributed by atoms with E-state index in [9.17, 15) is 9.59 Å². The van der Waals surface area contributed by atoms with Crippen molar-refractivity contribution >= 4 is 12.0 Å². The van der Waals surface area contributed by atoms with E-state index in [4.69, 9.17) is 5.11 Å². The number of nitrogens with one attached hydrogen (secondary N) is 2. The van der Waals surface area contributed by atoms with Crippen LogP contribution in [0, 0.1) is 5.92 Å². The number of rotatable bonds is 6. The van der Waals surface area contributed by atoms with E-state index < -0.39 is 17.5 Å². The fourth-order valence-electron chi connectivity index (χ4n) is 2.27. The fraction of sp³-hybridized carbons (Fsp3) is 0.846. The Morgan fingerprint density at radius 3 is 2.44 bits per heavy atom. The van der Waals surface area contributed by atoms with Crippen LogP contribution >= 0.6 is 0 Å². The molecule has 0 aromatic rings. The Balaban J connectivity index is 2.11. The molecule has 0 aliphatic heterocycles. The number of hydrogen-bond acceptors (Lipinski definition) is 2. The Kier molecular flexibility index (Phi) is 5.44. The summed E-state index contributed by atoms with van der Waals surface area (Å²) in [5, 5.41) is 14.0. The topological polar surface area (TPSA) is 78.4 Å². The second-order valence-corrected chi connectivity index (χ2v) is 5.60. The molecule has 104 valence electrons. The van der Waals surface area contributed by atoms with Gasteiger partial charge in [0.25, 0.3) is 0 Å². The number of carbonyl (C=O) groups excluding carboxylic acids is 1. The molecule has 2 amide bonds. The average molecular weight is 256 g/mol. The van der Waals surface area contributed by atoms with Gasteiger partial charge in [-0.15, -0.1) is 0 Å².